The van der Waals surface area contributed by atoms with Gasteiger partial charge in [0.2, 0.25) is 0 Å². The van der Waals surface area contributed by atoms with Crippen LogP contribution in [0.4, 0.5) is 0 Å². The molecule has 1 aromatic heterocycles. The lowest BCUT2D eigenvalue weighted by atomic mass is 9.98. The molecule has 1 atom stereocenters. The summed E-state index contributed by atoms with van der Waals surface area (Å²) in [4.78, 5) is 0. The Morgan fingerprint density at radius 2 is 1.95 bits per heavy atom. The van der Waals surface area contributed by atoms with Crippen LogP contribution < -0.4 is 5.32 Å². The van der Waals surface area contributed by atoms with E-state index in [0.717, 1.165) is 18.7 Å². The number of nitrogens with zero attached hydrogens (tertiary/aromatic N) is 2. The number of halogens is 1. The van der Waals surface area contributed by atoms with Gasteiger partial charge in [0.15, 0.2) is 0 Å². The van der Waals surface area contributed by atoms with Crippen molar-refractivity contribution in [3.63, 3.8) is 0 Å². The molecule has 2 rings (SSSR count). The standard InChI is InChI=1S/C16H22BrN3/c1-5-18-15(10-14-6-7-20(4)19-14)13-8-11(2)16(17)12(3)9-13/h6-9,15,18H,5,10H2,1-4H3. The Hall–Kier alpha value is -1.13. The van der Waals surface area contributed by atoms with E-state index in [-0.39, 0.29) is 0 Å². The van der Waals surface area contributed by atoms with Crippen molar-refractivity contribution < 1.29 is 0 Å². The molecule has 20 heavy (non-hydrogen) atoms. The van der Waals surface area contributed by atoms with E-state index in [4.69, 9.17) is 0 Å². The lowest BCUT2D eigenvalue weighted by molar-refractivity contribution is 0.539. The summed E-state index contributed by atoms with van der Waals surface area (Å²) in [5.41, 5.74) is 5.01. The van der Waals surface area contributed by atoms with Crippen LogP contribution >= 0.6 is 15.9 Å². The minimum atomic E-state index is 0.306. The van der Waals surface area contributed by atoms with Gasteiger partial charge in [-0.3, -0.25) is 4.68 Å². The van der Waals surface area contributed by atoms with Crippen LogP contribution in [-0.2, 0) is 13.5 Å². The number of rotatable bonds is 5. The first-order chi connectivity index (χ1) is 9.51. The molecule has 0 bridgehead atoms. The van der Waals surface area contributed by atoms with Crippen molar-refractivity contribution in [2.75, 3.05) is 6.54 Å². The monoisotopic (exact) mass is 335 g/mol. The van der Waals surface area contributed by atoms with Crippen molar-refractivity contribution >= 4 is 15.9 Å². The van der Waals surface area contributed by atoms with Crippen LogP contribution in [0.2, 0.25) is 0 Å². The zero-order chi connectivity index (χ0) is 14.7. The molecule has 0 aliphatic heterocycles. The van der Waals surface area contributed by atoms with Gasteiger partial charge in [0, 0.05) is 30.2 Å². The van der Waals surface area contributed by atoms with Gasteiger partial charge in [0.05, 0.1) is 5.69 Å². The largest absolute Gasteiger partial charge is 0.310 e. The molecule has 0 saturated heterocycles. The molecule has 0 aliphatic rings. The molecule has 0 amide bonds. The number of nitrogens with one attached hydrogen (secondary N) is 1. The molecule has 3 nitrogen and oxygen atoms in total. The van der Waals surface area contributed by atoms with Crippen molar-refractivity contribution in [1.29, 1.82) is 0 Å². The second kappa shape index (κ2) is 6.55. The fourth-order valence-corrected chi connectivity index (χ4v) is 2.74. The highest BCUT2D eigenvalue weighted by molar-refractivity contribution is 9.10. The van der Waals surface area contributed by atoms with Crippen LogP contribution in [0.3, 0.4) is 0 Å². The number of hydrogen-bond donors (Lipinski definition) is 1. The third-order valence-electron chi connectivity index (χ3n) is 3.49. The topological polar surface area (TPSA) is 29.9 Å². The first kappa shape index (κ1) is 15.3. The molecule has 0 aliphatic carbocycles. The molecule has 1 unspecified atom stereocenters. The molecular formula is C16H22BrN3. The van der Waals surface area contributed by atoms with Crippen LogP contribution in [0.5, 0.6) is 0 Å². The average molecular weight is 336 g/mol. The third-order valence-corrected chi connectivity index (χ3v) is 4.74. The Bertz CT molecular complexity index is 566. The van der Waals surface area contributed by atoms with Gasteiger partial charge in [-0.05, 0) is 43.1 Å². The van der Waals surface area contributed by atoms with E-state index in [1.807, 2.05) is 17.9 Å². The Balaban J connectivity index is 2.28. The first-order valence-corrected chi connectivity index (χ1v) is 7.79. The molecule has 4 heteroatoms. The Kier molecular flexibility index (Phi) is 5.00. The first-order valence-electron chi connectivity index (χ1n) is 6.99. The second-order valence-electron chi connectivity index (χ2n) is 5.26. The molecule has 0 fully saturated rings. The molecule has 0 spiro atoms. The van der Waals surface area contributed by atoms with Crippen LogP contribution in [0.1, 0.15) is 35.3 Å². The summed E-state index contributed by atoms with van der Waals surface area (Å²) in [5, 5.41) is 8.05. The summed E-state index contributed by atoms with van der Waals surface area (Å²) >= 11 is 3.64. The van der Waals surface area contributed by atoms with Gasteiger partial charge in [-0.2, -0.15) is 5.10 Å². The Labute approximate surface area is 129 Å². The van der Waals surface area contributed by atoms with E-state index in [0.29, 0.717) is 6.04 Å². The Morgan fingerprint density at radius 3 is 2.45 bits per heavy atom. The fraction of sp³-hybridized carbons (Fsp3) is 0.438. The van der Waals surface area contributed by atoms with Crippen LogP contribution in [0.15, 0.2) is 28.9 Å². The van der Waals surface area contributed by atoms with Crippen molar-refractivity contribution in [3.05, 3.63) is 51.3 Å². The van der Waals surface area contributed by atoms with Gasteiger partial charge in [0.25, 0.3) is 0 Å². The minimum Gasteiger partial charge on any atom is -0.310 e. The van der Waals surface area contributed by atoms with E-state index in [2.05, 4.69) is 65.3 Å². The van der Waals surface area contributed by atoms with Gasteiger partial charge < -0.3 is 5.32 Å². The lowest BCUT2D eigenvalue weighted by Gasteiger charge is -2.19. The maximum absolute atomic E-state index is 4.49. The summed E-state index contributed by atoms with van der Waals surface area (Å²) in [5.74, 6) is 0. The van der Waals surface area contributed by atoms with Gasteiger partial charge in [-0.15, -0.1) is 0 Å². The van der Waals surface area contributed by atoms with Gasteiger partial charge in [-0.25, -0.2) is 0 Å². The van der Waals surface area contributed by atoms with Crippen LogP contribution in [0, 0.1) is 13.8 Å². The van der Waals surface area contributed by atoms with E-state index in [9.17, 15) is 0 Å². The molecule has 1 aromatic carbocycles. The van der Waals surface area contributed by atoms with E-state index in [1.54, 1.807) is 0 Å². The van der Waals surface area contributed by atoms with Crippen molar-refractivity contribution in [2.45, 2.75) is 33.2 Å². The lowest BCUT2D eigenvalue weighted by Crippen LogP contribution is -2.23. The maximum Gasteiger partial charge on any atom is 0.0643 e. The normalized spacial score (nSPS) is 12.7. The van der Waals surface area contributed by atoms with Crippen molar-refractivity contribution in [3.8, 4) is 0 Å². The molecule has 108 valence electrons. The van der Waals surface area contributed by atoms with E-state index >= 15 is 0 Å². The second-order valence-corrected chi connectivity index (χ2v) is 6.06. The summed E-state index contributed by atoms with van der Waals surface area (Å²) in [7, 11) is 1.96. The van der Waals surface area contributed by atoms with Gasteiger partial charge in [-0.1, -0.05) is 35.0 Å². The van der Waals surface area contributed by atoms with Gasteiger partial charge >= 0.3 is 0 Å². The number of aromatic nitrogens is 2. The van der Waals surface area contributed by atoms with E-state index < -0.39 is 0 Å². The number of benzene rings is 1. The molecule has 0 radical (unpaired) electrons. The summed E-state index contributed by atoms with van der Waals surface area (Å²) < 4.78 is 3.06. The average Bonchev–Trinajstić information content (AvgIpc) is 2.80. The maximum atomic E-state index is 4.49. The van der Waals surface area contributed by atoms with E-state index in [1.165, 1.54) is 21.2 Å². The minimum absolute atomic E-state index is 0.306. The summed E-state index contributed by atoms with van der Waals surface area (Å²) in [6.45, 7) is 7.38. The highest BCUT2D eigenvalue weighted by atomic mass is 79.9. The predicted molar refractivity (Wildman–Crippen MR) is 86.9 cm³/mol. The van der Waals surface area contributed by atoms with Crippen molar-refractivity contribution in [1.82, 2.24) is 15.1 Å². The smallest absolute Gasteiger partial charge is 0.0643 e. The highest BCUT2D eigenvalue weighted by Crippen LogP contribution is 2.27. The van der Waals surface area contributed by atoms with Crippen molar-refractivity contribution in [2.24, 2.45) is 7.05 Å². The number of hydrogen-bond acceptors (Lipinski definition) is 2. The van der Waals surface area contributed by atoms with Crippen LogP contribution in [-0.4, -0.2) is 16.3 Å². The number of likely N-dealkylation sites (N-methyl/N-ethyl adjacent to an activating group) is 1. The molecule has 0 saturated carbocycles. The fourth-order valence-electron chi connectivity index (χ4n) is 2.52. The molecule has 2 aromatic rings. The summed E-state index contributed by atoms with van der Waals surface area (Å²) in [6, 6.07) is 6.91. The highest BCUT2D eigenvalue weighted by Gasteiger charge is 2.14. The summed E-state index contributed by atoms with van der Waals surface area (Å²) in [6.07, 6.45) is 2.91. The number of aryl methyl sites for hydroxylation is 3. The molecule has 1 N–H and O–H groups in total. The van der Waals surface area contributed by atoms with Crippen LogP contribution in [0.25, 0.3) is 0 Å². The third kappa shape index (κ3) is 3.49. The zero-order valence-electron chi connectivity index (χ0n) is 12.6. The van der Waals surface area contributed by atoms with Gasteiger partial charge in [0.1, 0.15) is 0 Å². The predicted octanol–water partition coefficient (Wildman–Crippen LogP) is 3.69. The molecular weight excluding hydrogens is 314 g/mol. The zero-order valence-corrected chi connectivity index (χ0v) is 14.2. The SMILES string of the molecule is CCNC(Cc1ccn(C)n1)c1cc(C)c(Br)c(C)c1. The molecule has 1 heterocycles. The quantitative estimate of drug-likeness (QED) is 0.902. The Morgan fingerprint density at radius 1 is 1.30 bits per heavy atom.